The third kappa shape index (κ3) is 2.89. The summed E-state index contributed by atoms with van der Waals surface area (Å²) in [6.45, 7) is 3.45. The number of likely N-dealkylation sites (tertiary alicyclic amines) is 1. The van der Waals surface area contributed by atoms with E-state index in [9.17, 15) is 9.59 Å². The van der Waals surface area contributed by atoms with Crippen LogP contribution in [0.2, 0.25) is 0 Å². The van der Waals surface area contributed by atoms with Crippen LogP contribution in [0.15, 0.2) is 6.20 Å². The van der Waals surface area contributed by atoms with Gasteiger partial charge in [0.2, 0.25) is 11.8 Å². The lowest BCUT2D eigenvalue weighted by Gasteiger charge is -2.13. The van der Waals surface area contributed by atoms with Gasteiger partial charge in [-0.15, -0.1) is 0 Å². The van der Waals surface area contributed by atoms with Crippen molar-refractivity contribution in [3.8, 4) is 0 Å². The Labute approximate surface area is 124 Å². The fourth-order valence-corrected chi connectivity index (χ4v) is 3.00. The number of nitrogens with zero attached hydrogens (tertiary/aromatic N) is 3. The van der Waals surface area contributed by atoms with Crippen molar-refractivity contribution in [2.24, 2.45) is 5.92 Å². The Bertz CT molecular complexity index is 573. The van der Waals surface area contributed by atoms with E-state index >= 15 is 0 Å². The Kier molecular flexibility index (Phi) is 3.86. The van der Waals surface area contributed by atoms with Crippen LogP contribution in [0.5, 0.6) is 0 Å². The molecule has 1 saturated heterocycles. The number of nitrogens with one attached hydrogen (secondary N) is 1. The molecule has 2 aliphatic rings. The summed E-state index contributed by atoms with van der Waals surface area (Å²) in [7, 11) is 0. The maximum atomic E-state index is 12.1. The molecule has 1 N–H and O–H groups in total. The summed E-state index contributed by atoms with van der Waals surface area (Å²) in [5.74, 6) is 0.391. The van der Waals surface area contributed by atoms with Gasteiger partial charge in [0.05, 0.1) is 12.5 Å². The summed E-state index contributed by atoms with van der Waals surface area (Å²) in [5.41, 5.74) is 2.34. The molecule has 2 amide bonds. The van der Waals surface area contributed by atoms with Crippen LogP contribution < -0.4 is 5.32 Å². The first kappa shape index (κ1) is 14.0. The molecule has 21 heavy (non-hydrogen) atoms. The molecule has 0 radical (unpaired) electrons. The molecule has 6 nitrogen and oxygen atoms in total. The van der Waals surface area contributed by atoms with E-state index in [1.165, 1.54) is 5.56 Å². The molecule has 112 valence electrons. The summed E-state index contributed by atoms with van der Waals surface area (Å²) in [6.07, 6.45) is 5.37. The molecule has 1 aliphatic carbocycles. The smallest absolute Gasteiger partial charge is 0.225 e. The molecular formula is C15H20N4O2. The Hall–Kier alpha value is -1.98. The zero-order chi connectivity index (χ0) is 14.8. The zero-order valence-electron chi connectivity index (χ0n) is 12.3. The van der Waals surface area contributed by atoms with Gasteiger partial charge in [-0.25, -0.2) is 9.97 Å². The molecule has 6 heteroatoms. The summed E-state index contributed by atoms with van der Waals surface area (Å²) < 4.78 is 0. The highest BCUT2D eigenvalue weighted by Gasteiger charge is 2.33. The lowest BCUT2D eigenvalue weighted by molar-refractivity contribution is -0.128. The molecule has 0 unspecified atom stereocenters. The molecule has 2 heterocycles. The van der Waals surface area contributed by atoms with Crippen molar-refractivity contribution in [3.63, 3.8) is 0 Å². The lowest BCUT2D eigenvalue weighted by atomic mass is 10.1. The lowest BCUT2D eigenvalue weighted by Crippen LogP contribution is -2.33. The van der Waals surface area contributed by atoms with E-state index in [1.54, 1.807) is 4.90 Å². The number of hydrogen-bond donors (Lipinski definition) is 1. The predicted octanol–water partition coefficient (Wildman–Crippen LogP) is 0.450. The Morgan fingerprint density at radius 2 is 2.33 bits per heavy atom. The number of carbonyl (C=O) groups is 2. The predicted molar refractivity (Wildman–Crippen MR) is 76.3 cm³/mol. The Balaban J connectivity index is 1.55. The first-order valence-corrected chi connectivity index (χ1v) is 7.56. The molecular weight excluding hydrogens is 268 g/mol. The normalized spacial score (nSPS) is 20.7. The maximum absolute atomic E-state index is 12.1. The third-order valence-electron chi connectivity index (χ3n) is 4.25. The van der Waals surface area contributed by atoms with Crippen LogP contribution >= 0.6 is 0 Å². The molecule has 1 aromatic rings. The second kappa shape index (κ2) is 5.79. The van der Waals surface area contributed by atoms with Crippen molar-refractivity contribution in [2.75, 3.05) is 13.1 Å². The van der Waals surface area contributed by atoms with Crippen molar-refractivity contribution < 1.29 is 9.59 Å². The number of carbonyl (C=O) groups excluding carboxylic acids is 2. The molecule has 1 aliphatic heterocycles. The molecule has 0 aromatic carbocycles. The maximum Gasteiger partial charge on any atom is 0.225 e. The van der Waals surface area contributed by atoms with Crippen molar-refractivity contribution in [2.45, 2.75) is 39.2 Å². The Morgan fingerprint density at radius 3 is 3.10 bits per heavy atom. The fourth-order valence-electron chi connectivity index (χ4n) is 3.00. The van der Waals surface area contributed by atoms with Gasteiger partial charge in [0.1, 0.15) is 5.82 Å². The van der Waals surface area contributed by atoms with Gasteiger partial charge in [-0.2, -0.15) is 0 Å². The van der Waals surface area contributed by atoms with Crippen LogP contribution in [0.4, 0.5) is 0 Å². The molecule has 0 saturated carbocycles. The second-order valence-electron chi connectivity index (χ2n) is 5.66. The summed E-state index contributed by atoms with van der Waals surface area (Å²) >= 11 is 0. The Morgan fingerprint density at radius 1 is 1.48 bits per heavy atom. The third-order valence-corrected chi connectivity index (χ3v) is 4.25. The van der Waals surface area contributed by atoms with Gasteiger partial charge in [0, 0.05) is 31.4 Å². The molecule has 1 atom stereocenters. The van der Waals surface area contributed by atoms with E-state index in [1.807, 2.05) is 13.1 Å². The van der Waals surface area contributed by atoms with Gasteiger partial charge in [0.25, 0.3) is 0 Å². The van der Waals surface area contributed by atoms with Crippen molar-refractivity contribution in [3.05, 3.63) is 23.3 Å². The van der Waals surface area contributed by atoms with Crippen molar-refractivity contribution >= 4 is 11.8 Å². The van der Waals surface area contributed by atoms with Crippen LogP contribution in [0.3, 0.4) is 0 Å². The van der Waals surface area contributed by atoms with Gasteiger partial charge in [0.15, 0.2) is 0 Å². The van der Waals surface area contributed by atoms with E-state index in [4.69, 9.17) is 0 Å². The first-order valence-electron chi connectivity index (χ1n) is 7.56. The zero-order valence-corrected chi connectivity index (χ0v) is 12.3. The number of rotatable bonds is 4. The highest BCUT2D eigenvalue weighted by atomic mass is 16.2. The number of amides is 2. The average molecular weight is 288 g/mol. The molecule has 3 rings (SSSR count). The van der Waals surface area contributed by atoms with Gasteiger partial charge >= 0.3 is 0 Å². The van der Waals surface area contributed by atoms with Gasteiger partial charge in [-0.1, -0.05) is 0 Å². The van der Waals surface area contributed by atoms with Gasteiger partial charge in [-0.3, -0.25) is 9.59 Å². The average Bonchev–Trinajstić information content (AvgIpc) is 3.10. The van der Waals surface area contributed by atoms with Crippen LogP contribution in [0.25, 0.3) is 0 Å². The standard InChI is InChI=1S/C15H20N4O2/c1-2-19-9-11(6-14(19)20)15(21)17-8-13-16-7-10-4-3-5-12(10)18-13/h7,11H,2-6,8-9H2,1H3,(H,17,21)/t11-/m1/s1. The summed E-state index contributed by atoms with van der Waals surface area (Å²) in [5, 5.41) is 2.85. The SMILES string of the molecule is CCN1C[C@H](C(=O)NCc2ncc3c(n2)CCC3)CC1=O. The monoisotopic (exact) mass is 288 g/mol. The largest absolute Gasteiger partial charge is 0.348 e. The number of hydrogen-bond acceptors (Lipinski definition) is 4. The highest BCUT2D eigenvalue weighted by Crippen LogP contribution is 2.19. The second-order valence-corrected chi connectivity index (χ2v) is 5.66. The highest BCUT2D eigenvalue weighted by molar-refractivity contribution is 5.89. The van der Waals surface area contributed by atoms with Crippen LogP contribution in [-0.2, 0) is 29.0 Å². The summed E-state index contributed by atoms with van der Waals surface area (Å²) in [6, 6.07) is 0. The van der Waals surface area contributed by atoms with Crippen LogP contribution in [0, 0.1) is 5.92 Å². The van der Waals surface area contributed by atoms with E-state index < -0.39 is 0 Å². The topological polar surface area (TPSA) is 75.2 Å². The van der Waals surface area contributed by atoms with Gasteiger partial charge < -0.3 is 10.2 Å². The molecule has 1 aromatic heterocycles. The first-order chi connectivity index (χ1) is 10.2. The molecule has 1 fully saturated rings. The van der Waals surface area contributed by atoms with E-state index in [0.717, 1.165) is 25.0 Å². The van der Waals surface area contributed by atoms with E-state index in [0.29, 0.717) is 31.9 Å². The van der Waals surface area contributed by atoms with Crippen molar-refractivity contribution in [1.29, 1.82) is 0 Å². The molecule has 0 bridgehead atoms. The summed E-state index contributed by atoms with van der Waals surface area (Å²) in [4.78, 5) is 34.3. The van der Waals surface area contributed by atoms with Crippen molar-refractivity contribution in [1.82, 2.24) is 20.2 Å². The minimum Gasteiger partial charge on any atom is -0.348 e. The number of fused-ring (bicyclic) bond motifs is 1. The quantitative estimate of drug-likeness (QED) is 0.873. The van der Waals surface area contributed by atoms with Crippen LogP contribution in [-0.4, -0.2) is 39.8 Å². The van der Waals surface area contributed by atoms with Gasteiger partial charge in [-0.05, 0) is 31.7 Å². The van der Waals surface area contributed by atoms with E-state index in [-0.39, 0.29) is 17.7 Å². The molecule has 0 spiro atoms. The fraction of sp³-hybridized carbons (Fsp3) is 0.600. The number of aromatic nitrogens is 2. The minimum absolute atomic E-state index is 0.0615. The number of aryl methyl sites for hydroxylation is 2. The van der Waals surface area contributed by atoms with Crippen LogP contribution in [0.1, 0.15) is 36.8 Å². The van der Waals surface area contributed by atoms with E-state index in [2.05, 4.69) is 15.3 Å². The minimum atomic E-state index is -0.244.